The minimum Gasteiger partial charge on any atom is -0.452 e. The molecule has 0 saturated carbocycles. The minimum absolute atomic E-state index is 0.0634. The number of amides is 1. The van der Waals surface area contributed by atoms with Crippen molar-refractivity contribution in [3.8, 4) is 5.75 Å². The predicted octanol–water partition coefficient (Wildman–Crippen LogP) is 3.58. The van der Waals surface area contributed by atoms with E-state index in [2.05, 4.69) is 10.1 Å². The van der Waals surface area contributed by atoms with Crippen LogP contribution < -0.4 is 10.1 Å². The number of benzene rings is 2. The normalized spacial score (nSPS) is 11.7. The highest BCUT2D eigenvalue weighted by Gasteiger charge is 2.13. The Bertz CT molecular complexity index is 735. The van der Waals surface area contributed by atoms with Crippen molar-refractivity contribution in [2.24, 2.45) is 0 Å². The second kappa shape index (κ2) is 10.3. The average Bonchev–Trinajstić information content (AvgIpc) is 2.65. The summed E-state index contributed by atoms with van der Waals surface area (Å²) >= 11 is 0. The fourth-order valence-corrected chi connectivity index (χ4v) is 2.40. The highest BCUT2D eigenvalue weighted by Crippen LogP contribution is 2.15. The van der Waals surface area contributed by atoms with Gasteiger partial charge in [0.25, 0.3) is 5.91 Å². The second-order valence-electron chi connectivity index (χ2n) is 5.97. The molecular formula is C20H21F2NO4. The van der Waals surface area contributed by atoms with Crippen LogP contribution in [0, 0.1) is 0 Å². The number of alkyl halides is 2. The van der Waals surface area contributed by atoms with E-state index in [9.17, 15) is 18.4 Å². The van der Waals surface area contributed by atoms with Crippen molar-refractivity contribution in [1.82, 2.24) is 5.32 Å². The van der Waals surface area contributed by atoms with Gasteiger partial charge in [0, 0.05) is 6.04 Å². The molecule has 1 amide bonds. The summed E-state index contributed by atoms with van der Waals surface area (Å²) in [6.45, 7) is -1.47. The number of carbonyl (C=O) groups excluding carboxylic acids is 2. The van der Waals surface area contributed by atoms with Gasteiger partial charge in [0.15, 0.2) is 6.61 Å². The number of hydrogen-bond acceptors (Lipinski definition) is 4. The molecule has 2 rings (SSSR count). The number of halogens is 2. The maximum atomic E-state index is 12.1. The molecule has 1 atom stereocenters. The van der Waals surface area contributed by atoms with Crippen molar-refractivity contribution in [2.45, 2.75) is 32.4 Å². The van der Waals surface area contributed by atoms with Gasteiger partial charge in [0.05, 0.1) is 5.56 Å². The third-order valence-corrected chi connectivity index (χ3v) is 3.77. The van der Waals surface area contributed by atoms with Gasteiger partial charge in [0.2, 0.25) is 0 Å². The van der Waals surface area contributed by atoms with E-state index in [1.807, 2.05) is 37.3 Å². The predicted molar refractivity (Wildman–Crippen MR) is 95.7 cm³/mol. The number of nitrogens with one attached hydrogen (secondary N) is 1. The van der Waals surface area contributed by atoms with Crippen molar-refractivity contribution in [3.63, 3.8) is 0 Å². The molecule has 144 valence electrons. The first-order valence-electron chi connectivity index (χ1n) is 8.49. The molecule has 0 aliphatic carbocycles. The standard InChI is InChI=1S/C20H21F2NO4/c1-14(7-8-15-5-3-2-4-6-15)23-18(24)13-26-19(25)16-9-11-17(12-10-16)27-20(21)22/h2-6,9-12,14,20H,7-8,13H2,1H3,(H,23,24)/t14-/m0/s1. The van der Waals surface area contributed by atoms with E-state index in [0.29, 0.717) is 0 Å². The summed E-state index contributed by atoms with van der Waals surface area (Å²) in [5.41, 5.74) is 1.32. The maximum absolute atomic E-state index is 12.1. The van der Waals surface area contributed by atoms with Crippen molar-refractivity contribution in [3.05, 3.63) is 65.7 Å². The Morgan fingerprint density at radius 3 is 2.33 bits per heavy atom. The monoisotopic (exact) mass is 377 g/mol. The first-order chi connectivity index (χ1) is 12.9. The molecule has 27 heavy (non-hydrogen) atoms. The van der Waals surface area contributed by atoms with Crippen molar-refractivity contribution in [2.75, 3.05) is 6.61 Å². The van der Waals surface area contributed by atoms with Crippen LogP contribution in [-0.4, -0.2) is 31.1 Å². The highest BCUT2D eigenvalue weighted by molar-refractivity contribution is 5.91. The summed E-state index contributed by atoms with van der Waals surface area (Å²) in [6.07, 6.45) is 1.59. The first kappa shape index (κ1) is 20.4. The molecule has 2 aromatic rings. The van der Waals surface area contributed by atoms with Crippen LogP contribution in [0.5, 0.6) is 5.75 Å². The molecule has 1 N–H and O–H groups in total. The van der Waals surface area contributed by atoms with Gasteiger partial charge >= 0.3 is 12.6 Å². The topological polar surface area (TPSA) is 64.6 Å². The zero-order chi connectivity index (χ0) is 19.6. The molecule has 0 aromatic heterocycles. The molecule has 0 fully saturated rings. The Balaban J connectivity index is 1.71. The minimum atomic E-state index is -2.93. The van der Waals surface area contributed by atoms with Crippen LogP contribution >= 0.6 is 0 Å². The van der Waals surface area contributed by atoms with Crippen LogP contribution in [0.2, 0.25) is 0 Å². The molecule has 0 aliphatic heterocycles. The number of hydrogen-bond donors (Lipinski definition) is 1. The number of esters is 1. The van der Waals surface area contributed by atoms with Gasteiger partial charge in [-0.2, -0.15) is 8.78 Å². The molecule has 7 heteroatoms. The van der Waals surface area contributed by atoms with E-state index >= 15 is 0 Å². The number of rotatable bonds is 9. The van der Waals surface area contributed by atoms with E-state index in [-0.39, 0.29) is 17.4 Å². The Morgan fingerprint density at radius 2 is 1.70 bits per heavy atom. The summed E-state index contributed by atoms with van der Waals surface area (Å²) in [5.74, 6) is -1.18. The number of aryl methyl sites for hydroxylation is 1. The first-order valence-corrected chi connectivity index (χ1v) is 8.49. The van der Waals surface area contributed by atoms with E-state index in [1.54, 1.807) is 0 Å². The molecule has 2 aromatic carbocycles. The smallest absolute Gasteiger partial charge is 0.387 e. The molecule has 0 saturated heterocycles. The quantitative estimate of drug-likeness (QED) is 0.679. The van der Waals surface area contributed by atoms with Crippen molar-refractivity contribution >= 4 is 11.9 Å². The Kier molecular flexibility index (Phi) is 7.73. The van der Waals surface area contributed by atoms with Crippen LogP contribution in [0.1, 0.15) is 29.3 Å². The van der Waals surface area contributed by atoms with Crippen LogP contribution in [0.25, 0.3) is 0 Å². The van der Waals surface area contributed by atoms with Crippen LogP contribution in [0.3, 0.4) is 0 Å². The zero-order valence-electron chi connectivity index (χ0n) is 14.9. The summed E-state index contributed by atoms with van der Waals surface area (Å²) in [5, 5.41) is 2.77. The van der Waals surface area contributed by atoms with Gasteiger partial charge in [-0.1, -0.05) is 30.3 Å². The van der Waals surface area contributed by atoms with Gasteiger partial charge in [-0.25, -0.2) is 4.79 Å². The largest absolute Gasteiger partial charge is 0.452 e. The van der Waals surface area contributed by atoms with Crippen LogP contribution in [0.15, 0.2) is 54.6 Å². The lowest BCUT2D eigenvalue weighted by Gasteiger charge is -2.14. The molecule has 0 aliphatic rings. The summed E-state index contributed by atoms with van der Waals surface area (Å²) in [4.78, 5) is 23.8. The van der Waals surface area contributed by atoms with Gasteiger partial charge in [-0.05, 0) is 49.6 Å². The average molecular weight is 377 g/mol. The van der Waals surface area contributed by atoms with E-state index in [1.165, 1.54) is 29.8 Å². The number of ether oxygens (including phenoxy) is 2. The molecular weight excluding hydrogens is 356 g/mol. The van der Waals surface area contributed by atoms with Crippen molar-refractivity contribution in [1.29, 1.82) is 0 Å². The lowest BCUT2D eigenvalue weighted by molar-refractivity contribution is -0.124. The molecule has 0 heterocycles. The molecule has 0 spiro atoms. The SMILES string of the molecule is C[C@@H](CCc1ccccc1)NC(=O)COC(=O)c1ccc(OC(F)F)cc1. The molecule has 0 bridgehead atoms. The lowest BCUT2D eigenvalue weighted by atomic mass is 10.1. The Labute approximate surface area is 156 Å². The maximum Gasteiger partial charge on any atom is 0.387 e. The Morgan fingerprint density at radius 1 is 1.04 bits per heavy atom. The molecule has 0 unspecified atom stereocenters. The lowest BCUT2D eigenvalue weighted by Crippen LogP contribution is -2.36. The fourth-order valence-electron chi connectivity index (χ4n) is 2.40. The Hall–Kier alpha value is -2.96. The van der Waals surface area contributed by atoms with Crippen LogP contribution in [-0.2, 0) is 16.0 Å². The van der Waals surface area contributed by atoms with Gasteiger partial charge < -0.3 is 14.8 Å². The fraction of sp³-hybridized carbons (Fsp3) is 0.300. The van der Waals surface area contributed by atoms with E-state index in [0.717, 1.165) is 12.8 Å². The van der Waals surface area contributed by atoms with Gasteiger partial charge in [-0.3, -0.25) is 4.79 Å². The third-order valence-electron chi connectivity index (χ3n) is 3.77. The van der Waals surface area contributed by atoms with Crippen LogP contribution in [0.4, 0.5) is 8.78 Å². The summed E-state index contributed by atoms with van der Waals surface area (Å²) in [7, 11) is 0. The molecule has 5 nitrogen and oxygen atoms in total. The van der Waals surface area contributed by atoms with E-state index < -0.39 is 25.1 Å². The highest BCUT2D eigenvalue weighted by atomic mass is 19.3. The summed E-state index contributed by atoms with van der Waals surface area (Å²) < 4.78 is 33.3. The third kappa shape index (κ3) is 7.43. The van der Waals surface area contributed by atoms with Gasteiger partial charge in [0.1, 0.15) is 5.75 Å². The zero-order valence-corrected chi connectivity index (χ0v) is 14.9. The number of carbonyl (C=O) groups is 2. The van der Waals surface area contributed by atoms with E-state index in [4.69, 9.17) is 4.74 Å². The summed E-state index contributed by atoms with van der Waals surface area (Å²) in [6, 6.07) is 14.9. The molecule has 0 radical (unpaired) electrons. The second-order valence-corrected chi connectivity index (χ2v) is 5.97. The van der Waals surface area contributed by atoms with Crippen molar-refractivity contribution < 1.29 is 27.8 Å². The van der Waals surface area contributed by atoms with Gasteiger partial charge in [-0.15, -0.1) is 0 Å².